The van der Waals surface area contributed by atoms with E-state index in [9.17, 15) is 19.8 Å². The van der Waals surface area contributed by atoms with Crippen LogP contribution in [0.3, 0.4) is 0 Å². The topological polar surface area (TPSA) is 95.9 Å². The summed E-state index contributed by atoms with van der Waals surface area (Å²) in [6.45, 7) is 6.49. The normalized spacial score (nSPS) is 13.2. The zero-order chi connectivity index (χ0) is 41.0. The lowest BCUT2D eigenvalue weighted by atomic mass is 10.0. The van der Waals surface area contributed by atoms with E-state index in [1.165, 1.54) is 199 Å². The molecule has 0 heterocycles. The third kappa shape index (κ3) is 39.7. The fraction of sp³-hybridized carbons (Fsp3) is 0.960. The number of hydrogen-bond donors (Lipinski definition) is 3. The Kier molecular flexibility index (Phi) is 44.0. The Hall–Kier alpha value is -1.14. The second-order valence-corrected chi connectivity index (χ2v) is 17.6. The van der Waals surface area contributed by atoms with Crippen LogP contribution in [0.4, 0.5) is 0 Å². The summed E-state index contributed by atoms with van der Waals surface area (Å²) in [5.41, 5.74) is 0. The van der Waals surface area contributed by atoms with Crippen LogP contribution < -0.4 is 5.32 Å². The van der Waals surface area contributed by atoms with Crippen molar-refractivity contribution in [3.8, 4) is 0 Å². The van der Waals surface area contributed by atoms with Gasteiger partial charge in [0.05, 0.1) is 25.2 Å². The Labute approximate surface area is 349 Å². The fourth-order valence-electron chi connectivity index (χ4n) is 8.08. The lowest BCUT2D eigenvalue weighted by Gasteiger charge is -2.24. The highest BCUT2D eigenvalue weighted by molar-refractivity contribution is 5.77. The second-order valence-electron chi connectivity index (χ2n) is 17.6. The number of nitrogens with one attached hydrogen (secondary N) is 1. The van der Waals surface area contributed by atoms with Crippen molar-refractivity contribution in [2.24, 2.45) is 0 Å². The van der Waals surface area contributed by atoms with Gasteiger partial charge in [-0.15, -0.1) is 0 Å². The first-order chi connectivity index (χ1) is 27.5. The standard InChI is InChI=1S/C50H99NO5/c1-4-7-10-13-16-19-21-22-23-24-25-26-28-31-34-37-40-43-50(55)56-46(41-38-35-32-29-18-15-12-9-6-3)44-49(54)51-47(45-52)48(53)42-39-36-33-30-27-20-17-14-11-8-5-2/h46-48,52-53H,4-45H2,1-3H3,(H,51,54). The van der Waals surface area contributed by atoms with Crippen molar-refractivity contribution in [1.29, 1.82) is 0 Å². The molecule has 0 fully saturated rings. The number of aliphatic hydroxyl groups excluding tert-OH is 2. The molecule has 3 N–H and O–H groups in total. The number of aliphatic hydroxyl groups is 2. The van der Waals surface area contributed by atoms with E-state index in [4.69, 9.17) is 4.74 Å². The van der Waals surface area contributed by atoms with Gasteiger partial charge >= 0.3 is 5.97 Å². The van der Waals surface area contributed by atoms with Gasteiger partial charge in [0.1, 0.15) is 6.10 Å². The number of carbonyl (C=O) groups excluding carboxylic acids is 2. The van der Waals surface area contributed by atoms with Crippen molar-refractivity contribution in [3.63, 3.8) is 0 Å². The molecule has 0 aliphatic rings. The Morgan fingerprint density at radius 2 is 0.750 bits per heavy atom. The van der Waals surface area contributed by atoms with E-state index < -0.39 is 18.2 Å². The maximum atomic E-state index is 13.1. The number of carbonyl (C=O) groups is 2. The van der Waals surface area contributed by atoms with Gasteiger partial charge in [-0.25, -0.2) is 0 Å². The van der Waals surface area contributed by atoms with Gasteiger partial charge in [0.15, 0.2) is 0 Å². The molecule has 0 aliphatic heterocycles. The minimum absolute atomic E-state index is 0.0868. The van der Waals surface area contributed by atoms with Crippen LogP contribution in [0.2, 0.25) is 0 Å². The van der Waals surface area contributed by atoms with Crippen LogP contribution in [0.5, 0.6) is 0 Å². The average Bonchev–Trinajstić information content (AvgIpc) is 3.19. The molecule has 0 aromatic heterocycles. The molecule has 0 saturated heterocycles. The van der Waals surface area contributed by atoms with Gasteiger partial charge in [-0.3, -0.25) is 9.59 Å². The highest BCUT2D eigenvalue weighted by Crippen LogP contribution is 2.18. The van der Waals surface area contributed by atoms with Crippen molar-refractivity contribution >= 4 is 11.9 Å². The highest BCUT2D eigenvalue weighted by atomic mass is 16.5. The van der Waals surface area contributed by atoms with Crippen LogP contribution >= 0.6 is 0 Å². The van der Waals surface area contributed by atoms with E-state index in [0.717, 1.165) is 38.5 Å². The molecule has 0 aromatic rings. The van der Waals surface area contributed by atoms with E-state index >= 15 is 0 Å². The summed E-state index contributed by atoms with van der Waals surface area (Å²) in [6, 6.07) is -0.690. The molecule has 0 spiro atoms. The SMILES string of the molecule is CCCCCCCCCCCCCCCCCCCC(=O)OC(CCCCCCCCCCC)CC(=O)NC(CO)C(O)CCCCCCCCCCCCC. The molecule has 0 saturated carbocycles. The molecule has 3 atom stereocenters. The summed E-state index contributed by atoms with van der Waals surface area (Å²) in [7, 11) is 0. The van der Waals surface area contributed by atoms with Gasteiger partial charge in [-0.1, -0.05) is 245 Å². The monoisotopic (exact) mass is 794 g/mol. The van der Waals surface area contributed by atoms with Crippen molar-refractivity contribution in [2.45, 2.75) is 302 Å². The number of amides is 1. The minimum Gasteiger partial charge on any atom is -0.462 e. The highest BCUT2D eigenvalue weighted by Gasteiger charge is 2.24. The van der Waals surface area contributed by atoms with E-state index in [0.29, 0.717) is 19.3 Å². The molecule has 0 aromatic carbocycles. The van der Waals surface area contributed by atoms with Crippen molar-refractivity contribution in [2.75, 3.05) is 6.61 Å². The van der Waals surface area contributed by atoms with Gasteiger partial charge in [0, 0.05) is 6.42 Å². The van der Waals surface area contributed by atoms with E-state index in [1.54, 1.807) is 0 Å². The van der Waals surface area contributed by atoms with E-state index in [1.807, 2.05) is 0 Å². The molecule has 0 bridgehead atoms. The van der Waals surface area contributed by atoms with Crippen LogP contribution in [-0.4, -0.2) is 46.9 Å². The van der Waals surface area contributed by atoms with Crippen LogP contribution in [0.15, 0.2) is 0 Å². The molecule has 6 heteroatoms. The first-order valence-electron chi connectivity index (χ1n) is 25.3. The van der Waals surface area contributed by atoms with E-state index in [2.05, 4.69) is 26.1 Å². The molecule has 3 unspecified atom stereocenters. The summed E-state index contributed by atoms with van der Waals surface area (Å²) >= 11 is 0. The Morgan fingerprint density at radius 3 is 1.09 bits per heavy atom. The van der Waals surface area contributed by atoms with Crippen LogP contribution in [0.25, 0.3) is 0 Å². The van der Waals surface area contributed by atoms with Crippen molar-refractivity contribution < 1.29 is 24.5 Å². The summed E-state index contributed by atoms with van der Waals surface area (Å²) in [5, 5.41) is 23.7. The first-order valence-corrected chi connectivity index (χ1v) is 25.3. The quantitative estimate of drug-likeness (QED) is 0.0421. The number of unbranched alkanes of at least 4 members (excludes halogenated alkanes) is 34. The molecular weight excluding hydrogens is 695 g/mol. The molecule has 6 nitrogen and oxygen atoms in total. The molecule has 56 heavy (non-hydrogen) atoms. The van der Waals surface area contributed by atoms with Crippen LogP contribution in [-0.2, 0) is 14.3 Å². The maximum Gasteiger partial charge on any atom is 0.306 e. The largest absolute Gasteiger partial charge is 0.462 e. The van der Waals surface area contributed by atoms with Gasteiger partial charge < -0.3 is 20.3 Å². The van der Waals surface area contributed by atoms with Gasteiger partial charge in [-0.2, -0.15) is 0 Å². The van der Waals surface area contributed by atoms with Crippen molar-refractivity contribution in [1.82, 2.24) is 5.32 Å². The maximum absolute atomic E-state index is 13.1. The van der Waals surface area contributed by atoms with E-state index in [-0.39, 0.29) is 24.9 Å². The first kappa shape index (κ1) is 54.9. The minimum atomic E-state index is -0.777. The van der Waals surface area contributed by atoms with Crippen molar-refractivity contribution in [3.05, 3.63) is 0 Å². The zero-order valence-corrected chi connectivity index (χ0v) is 38.0. The zero-order valence-electron chi connectivity index (χ0n) is 38.0. The lowest BCUT2D eigenvalue weighted by Crippen LogP contribution is -2.46. The predicted molar refractivity (Wildman–Crippen MR) is 241 cm³/mol. The van der Waals surface area contributed by atoms with Gasteiger partial charge in [0.25, 0.3) is 0 Å². The van der Waals surface area contributed by atoms with Gasteiger partial charge in [-0.05, 0) is 25.7 Å². The molecule has 0 aliphatic carbocycles. The lowest BCUT2D eigenvalue weighted by molar-refractivity contribution is -0.151. The molecule has 0 radical (unpaired) electrons. The number of esters is 1. The summed E-state index contributed by atoms with van der Waals surface area (Å²) in [5.74, 6) is -0.455. The number of rotatable bonds is 46. The summed E-state index contributed by atoms with van der Waals surface area (Å²) in [6.07, 6.45) is 47.4. The number of ether oxygens (including phenoxy) is 1. The molecule has 0 rings (SSSR count). The number of hydrogen-bond acceptors (Lipinski definition) is 5. The predicted octanol–water partition coefficient (Wildman–Crippen LogP) is 14.8. The molecular formula is C50H99NO5. The molecule has 334 valence electrons. The third-order valence-electron chi connectivity index (χ3n) is 11.9. The average molecular weight is 794 g/mol. The smallest absolute Gasteiger partial charge is 0.306 e. The van der Waals surface area contributed by atoms with Crippen LogP contribution in [0.1, 0.15) is 284 Å². The van der Waals surface area contributed by atoms with Gasteiger partial charge in [0.2, 0.25) is 5.91 Å². The fourth-order valence-corrected chi connectivity index (χ4v) is 8.08. The Bertz CT molecular complexity index is 806. The second kappa shape index (κ2) is 45.0. The Morgan fingerprint density at radius 1 is 0.446 bits per heavy atom. The van der Waals surface area contributed by atoms with Crippen LogP contribution in [0, 0.1) is 0 Å². The summed E-state index contributed by atoms with van der Waals surface area (Å²) < 4.78 is 5.92. The molecule has 1 amide bonds. The Balaban J connectivity index is 4.40. The summed E-state index contributed by atoms with van der Waals surface area (Å²) in [4.78, 5) is 26.0. The third-order valence-corrected chi connectivity index (χ3v) is 11.9.